The summed E-state index contributed by atoms with van der Waals surface area (Å²) in [6, 6.07) is 41.2. The van der Waals surface area contributed by atoms with Crippen molar-refractivity contribution in [3.63, 3.8) is 0 Å². The number of hydrogen-bond donors (Lipinski definition) is 0. The summed E-state index contributed by atoms with van der Waals surface area (Å²) < 4.78 is 26.2. The minimum Gasteiger partial charge on any atom is -0.374 e. The van der Waals surface area contributed by atoms with Crippen LogP contribution >= 0.6 is 11.8 Å². The summed E-state index contributed by atoms with van der Waals surface area (Å²) in [4.78, 5) is 1.15. The molecule has 2 unspecified atom stereocenters. The Morgan fingerprint density at radius 3 is 1.59 bits per heavy atom. The van der Waals surface area contributed by atoms with Crippen LogP contribution in [0.25, 0.3) is 0 Å². The van der Waals surface area contributed by atoms with Gasteiger partial charge < -0.3 is 18.9 Å². The molecule has 1 aliphatic heterocycles. The Morgan fingerprint density at radius 2 is 1.05 bits per heavy atom. The maximum atomic E-state index is 6.79. The molecule has 4 aromatic rings. The van der Waals surface area contributed by atoms with E-state index in [4.69, 9.17) is 18.9 Å². The highest BCUT2D eigenvalue weighted by atomic mass is 32.2. The molecule has 0 spiro atoms. The van der Waals surface area contributed by atoms with Crippen molar-refractivity contribution in [2.24, 2.45) is 5.92 Å². The van der Waals surface area contributed by atoms with Gasteiger partial charge in [-0.1, -0.05) is 128 Å². The summed E-state index contributed by atoms with van der Waals surface area (Å²) in [5.41, 5.74) is 3.22. The number of hydrogen-bond acceptors (Lipinski definition) is 5. The fourth-order valence-electron chi connectivity index (χ4n) is 4.85. The van der Waals surface area contributed by atoms with Gasteiger partial charge in [0.1, 0.15) is 11.5 Å². The molecule has 0 aromatic heterocycles. The molecular weight excluding hydrogens is 504 g/mol. The summed E-state index contributed by atoms with van der Waals surface area (Å²) in [6.07, 6.45) is -0.582. The summed E-state index contributed by atoms with van der Waals surface area (Å²) in [5, 5.41) is 0. The van der Waals surface area contributed by atoms with E-state index in [0.29, 0.717) is 26.4 Å². The van der Waals surface area contributed by atoms with E-state index in [1.807, 2.05) is 60.7 Å². The average molecular weight is 541 g/mol. The number of ether oxygens (including phenoxy) is 4. The molecular formula is C34H36O4S. The van der Waals surface area contributed by atoms with E-state index in [-0.39, 0.29) is 29.7 Å². The van der Waals surface area contributed by atoms with Crippen molar-refractivity contribution >= 4 is 11.8 Å². The molecule has 1 heterocycles. The van der Waals surface area contributed by atoms with E-state index in [1.165, 1.54) is 0 Å². The van der Waals surface area contributed by atoms with E-state index >= 15 is 0 Å². The van der Waals surface area contributed by atoms with Gasteiger partial charge in [0.2, 0.25) is 0 Å². The number of rotatable bonds is 12. The lowest BCUT2D eigenvalue weighted by atomic mass is 9.91. The first-order chi connectivity index (χ1) is 19.3. The molecule has 1 aliphatic rings. The second-order valence-electron chi connectivity index (χ2n) is 9.86. The van der Waals surface area contributed by atoms with Crippen molar-refractivity contribution in [3.05, 3.63) is 138 Å². The van der Waals surface area contributed by atoms with Crippen LogP contribution < -0.4 is 0 Å². The fourth-order valence-corrected chi connectivity index (χ4v) is 6.09. The quantitative estimate of drug-likeness (QED) is 0.186. The first-order valence-electron chi connectivity index (χ1n) is 13.6. The lowest BCUT2D eigenvalue weighted by molar-refractivity contribution is -0.217. The molecule has 0 aliphatic carbocycles. The first-order valence-corrected chi connectivity index (χ1v) is 14.4. The zero-order valence-electron chi connectivity index (χ0n) is 22.3. The second-order valence-corrected chi connectivity index (χ2v) is 11.0. The van der Waals surface area contributed by atoms with Gasteiger partial charge in [-0.25, -0.2) is 0 Å². The van der Waals surface area contributed by atoms with Crippen molar-refractivity contribution in [2.75, 3.05) is 6.61 Å². The predicted octanol–water partition coefficient (Wildman–Crippen LogP) is 7.53. The van der Waals surface area contributed by atoms with Crippen LogP contribution in [0, 0.1) is 5.92 Å². The predicted molar refractivity (Wildman–Crippen MR) is 156 cm³/mol. The van der Waals surface area contributed by atoms with Crippen molar-refractivity contribution in [1.29, 1.82) is 0 Å². The molecule has 5 rings (SSSR count). The standard InChI is InChI=1S/C34H36O4S/c1-26-32(36-23-28-16-8-3-9-17-28)31(25-35-22-27-14-6-2-7-15-27)38-34(39-30-20-12-5-13-21-30)33(26)37-24-29-18-10-4-11-19-29/h2-21,26,31-34H,22-25H2,1H3/t26-,31?,32+,33?,34+/m0/s1. The summed E-state index contributed by atoms with van der Waals surface area (Å²) in [7, 11) is 0. The topological polar surface area (TPSA) is 36.9 Å². The van der Waals surface area contributed by atoms with Crippen LogP contribution in [0.3, 0.4) is 0 Å². The molecule has 0 saturated carbocycles. The molecule has 0 bridgehead atoms. The zero-order chi connectivity index (χ0) is 26.7. The van der Waals surface area contributed by atoms with Crippen molar-refractivity contribution < 1.29 is 18.9 Å². The Bertz CT molecular complexity index is 1220. The smallest absolute Gasteiger partial charge is 0.134 e. The molecule has 5 heteroatoms. The van der Waals surface area contributed by atoms with Gasteiger partial charge in [-0.3, -0.25) is 0 Å². The lowest BCUT2D eigenvalue weighted by Crippen LogP contribution is -2.55. The van der Waals surface area contributed by atoms with Crippen LogP contribution in [0.15, 0.2) is 126 Å². The summed E-state index contributed by atoms with van der Waals surface area (Å²) in [5.74, 6) is 0.0812. The Hall–Kier alpha value is -2.93. The van der Waals surface area contributed by atoms with Crippen LogP contribution in [0.1, 0.15) is 23.6 Å². The highest BCUT2D eigenvalue weighted by molar-refractivity contribution is 7.99. The summed E-state index contributed by atoms with van der Waals surface area (Å²) >= 11 is 1.70. The second kappa shape index (κ2) is 14.5. The minimum atomic E-state index is -0.231. The van der Waals surface area contributed by atoms with Gasteiger partial charge in [-0.2, -0.15) is 0 Å². The molecule has 4 aromatic carbocycles. The van der Waals surface area contributed by atoms with Crippen LogP contribution in [0.5, 0.6) is 0 Å². The van der Waals surface area contributed by atoms with Crippen LogP contribution in [0.2, 0.25) is 0 Å². The van der Waals surface area contributed by atoms with Gasteiger partial charge in [-0.05, 0) is 28.8 Å². The van der Waals surface area contributed by atoms with Crippen LogP contribution in [0.4, 0.5) is 0 Å². The molecule has 0 N–H and O–H groups in total. The maximum Gasteiger partial charge on any atom is 0.134 e. The third kappa shape index (κ3) is 8.04. The Kier molecular flexibility index (Phi) is 10.2. The molecule has 39 heavy (non-hydrogen) atoms. The Morgan fingerprint density at radius 1 is 0.590 bits per heavy atom. The molecule has 1 fully saturated rings. The lowest BCUT2D eigenvalue weighted by Gasteiger charge is -2.45. The van der Waals surface area contributed by atoms with Gasteiger partial charge in [-0.15, -0.1) is 0 Å². The van der Waals surface area contributed by atoms with Gasteiger partial charge >= 0.3 is 0 Å². The highest BCUT2D eigenvalue weighted by Crippen LogP contribution is 2.39. The SMILES string of the molecule is C[C@@H]1C(OCc2ccccc2)[C@@H](Sc2ccccc2)OC(COCc2ccccc2)[C@@H]1OCc1ccccc1. The fraction of sp³-hybridized carbons (Fsp3) is 0.294. The van der Waals surface area contributed by atoms with Gasteiger partial charge in [0.15, 0.2) is 0 Å². The van der Waals surface area contributed by atoms with Crippen LogP contribution in [-0.4, -0.2) is 30.4 Å². The largest absolute Gasteiger partial charge is 0.374 e. The van der Waals surface area contributed by atoms with Gasteiger partial charge in [0.25, 0.3) is 0 Å². The summed E-state index contributed by atoms with van der Waals surface area (Å²) in [6.45, 7) is 4.22. The molecule has 1 saturated heterocycles. The average Bonchev–Trinajstić information content (AvgIpc) is 2.99. The highest BCUT2D eigenvalue weighted by Gasteiger charge is 2.45. The third-order valence-corrected chi connectivity index (χ3v) is 8.10. The Balaban J connectivity index is 1.35. The zero-order valence-corrected chi connectivity index (χ0v) is 23.1. The Labute approximate surface area is 236 Å². The minimum absolute atomic E-state index is 0.0812. The van der Waals surface area contributed by atoms with E-state index < -0.39 is 0 Å². The van der Waals surface area contributed by atoms with Crippen molar-refractivity contribution in [1.82, 2.24) is 0 Å². The van der Waals surface area contributed by atoms with Gasteiger partial charge in [0, 0.05) is 10.8 Å². The van der Waals surface area contributed by atoms with Crippen LogP contribution in [-0.2, 0) is 38.8 Å². The molecule has 4 nitrogen and oxygen atoms in total. The normalized spacial score (nSPS) is 22.9. The first kappa shape index (κ1) is 27.6. The maximum absolute atomic E-state index is 6.79. The molecule has 0 amide bonds. The van der Waals surface area contributed by atoms with E-state index in [0.717, 1.165) is 21.6 Å². The van der Waals surface area contributed by atoms with E-state index in [1.54, 1.807) is 11.8 Å². The number of benzene rings is 4. The molecule has 202 valence electrons. The van der Waals surface area contributed by atoms with E-state index in [9.17, 15) is 0 Å². The van der Waals surface area contributed by atoms with Crippen molar-refractivity contribution in [2.45, 2.75) is 55.4 Å². The number of thioether (sulfide) groups is 1. The van der Waals surface area contributed by atoms with E-state index in [2.05, 4.69) is 67.6 Å². The molecule has 0 radical (unpaired) electrons. The van der Waals surface area contributed by atoms with Crippen molar-refractivity contribution in [3.8, 4) is 0 Å². The monoisotopic (exact) mass is 540 g/mol. The molecule has 5 atom stereocenters. The third-order valence-electron chi connectivity index (χ3n) is 6.94. The van der Waals surface area contributed by atoms with Gasteiger partial charge in [0.05, 0.1) is 38.6 Å².